The number of carbonyl (C=O) groups excluding carboxylic acids is 1. The molecule has 2 aromatic carbocycles. The van der Waals surface area contributed by atoms with E-state index in [-0.39, 0.29) is 12.5 Å². The van der Waals surface area contributed by atoms with Crippen LogP contribution in [0.2, 0.25) is 5.02 Å². The fourth-order valence-corrected chi connectivity index (χ4v) is 3.59. The number of carbonyl (C=O) groups is 1. The van der Waals surface area contributed by atoms with E-state index in [0.717, 1.165) is 41.7 Å². The zero-order chi connectivity index (χ0) is 23.3. The average molecular weight is 456 g/mol. The van der Waals surface area contributed by atoms with Crippen molar-refractivity contribution in [2.45, 2.75) is 20.3 Å². The summed E-state index contributed by atoms with van der Waals surface area (Å²) in [7, 11) is 6.14. The van der Waals surface area contributed by atoms with Crippen LogP contribution >= 0.6 is 11.6 Å². The molecule has 0 saturated heterocycles. The van der Waals surface area contributed by atoms with Crippen LogP contribution in [0.15, 0.2) is 36.4 Å². The Morgan fingerprint density at radius 3 is 2.56 bits per heavy atom. The lowest BCUT2D eigenvalue weighted by Gasteiger charge is -2.19. The number of fused-ring (bicyclic) bond motifs is 1. The Bertz CT molecular complexity index is 1100. The van der Waals surface area contributed by atoms with Crippen LogP contribution < -0.4 is 15.0 Å². The Labute approximate surface area is 194 Å². The van der Waals surface area contributed by atoms with Crippen LogP contribution in [-0.2, 0) is 4.79 Å². The maximum atomic E-state index is 12.4. The minimum atomic E-state index is -0.267. The third-order valence-electron chi connectivity index (χ3n) is 5.04. The summed E-state index contributed by atoms with van der Waals surface area (Å²) in [6.45, 7) is 5.66. The van der Waals surface area contributed by atoms with Gasteiger partial charge >= 0.3 is 0 Å². The summed E-state index contributed by atoms with van der Waals surface area (Å²) in [4.78, 5) is 25.9. The van der Waals surface area contributed by atoms with E-state index in [1.54, 1.807) is 12.1 Å². The highest BCUT2D eigenvalue weighted by atomic mass is 35.5. The summed E-state index contributed by atoms with van der Waals surface area (Å²) in [5, 5.41) is 4.24. The maximum Gasteiger partial charge on any atom is 0.262 e. The molecule has 8 heteroatoms. The number of benzene rings is 2. The Morgan fingerprint density at radius 2 is 1.84 bits per heavy atom. The molecule has 32 heavy (non-hydrogen) atoms. The number of halogens is 1. The molecule has 0 fully saturated rings. The molecule has 0 atom stereocenters. The second-order valence-corrected chi connectivity index (χ2v) is 8.60. The first kappa shape index (κ1) is 23.8. The fourth-order valence-electron chi connectivity index (χ4n) is 3.30. The van der Waals surface area contributed by atoms with Crippen molar-refractivity contribution in [3.05, 3.63) is 52.7 Å². The van der Waals surface area contributed by atoms with Gasteiger partial charge in [-0.3, -0.25) is 4.79 Å². The molecule has 1 heterocycles. The van der Waals surface area contributed by atoms with Gasteiger partial charge in [0.2, 0.25) is 5.95 Å². The number of nitrogens with one attached hydrogen (secondary N) is 1. The number of nitrogens with zero attached hydrogens (tertiary/aromatic N) is 4. The first-order chi connectivity index (χ1) is 15.2. The summed E-state index contributed by atoms with van der Waals surface area (Å²) in [5.74, 6) is 0.920. The van der Waals surface area contributed by atoms with Crippen LogP contribution in [0.3, 0.4) is 0 Å². The maximum absolute atomic E-state index is 12.4. The van der Waals surface area contributed by atoms with Gasteiger partial charge in [-0.15, -0.1) is 0 Å². The van der Waals surface area contributed by atoms with E-state index < -0.39 is 0 Å². The monoisotopic (exact) mass is 455 g/mol. The first-order valence-electron chi connectivity index (χ1n) is 10.6. The molecular weight excluding hydrogens is 426 g/mol. The number of amides is 1. The van der Waals surface area contributed by atoms with Crippen molar-refractivity contribution >= 4 is 40.0 Å². The number of anilines is 2. The molecular formula is C24H30ClN5O2. The van der Waals surface area contributed by atoms with Crippen molar-refractivity contribution in [1.82, 2.24) is 14.9 Å². The summed E-state index contributed by atoms with van der Waals surface area (Å²) in [5.41, 5.74) is 3.40. The zero-order valence-corrected chi connectivity index (χ0v) is 20.0. The molecule has 7 nitrogen and oxygen atoms in total. The van der Waals surface area contributed by atoms with Crippen LogP contribution in [0.1, 0.15) is 17.7 Å². The molecule has 1 aromatic heterocycles. The van der Waals surface area contributed by atoms with E-state index in [0.29, 0.717) is 22.4 Å². The fraction of sp³-hybridized carbons (Fsp3) is 0.375. The van der Waals surface area contributed by atoms with Crippen molar-refractivity contribution < 1.29 is 9.53 Å². The number of hydrogen-bond donors (Lipinski definition) is 1. The van der Waals surface area contributed by atoms with Crippen LogP contribution in [0.5, 0.6) is 5.75 Å². The van der Waals surface area contributed by atoms with Gasteiger partial charge in [0, 0.05) is 24.7 Å². The summed E-state index contributed by atoms with van der Waals surface area (Å²) < 4.78 is 5.55. The van der Waals surface area contributed by atoms with Crippen molar-refractivity contribution in [2.24, 2.45) is 0 Å². The highest BCUT2D eigenvalue weighted by Gasteiger charge is 2.11. The lowest BCUT2D eigenvalue weighted by atomic mass is 10.1. The van der Waals surface area contributed by atoms with E-state index in [1.165, 1.54) is 0 Å². The molecule has 0 spiro atoms. The van der Waals surface area contributed by atoms with Crippen molar-refractivity contribution in [3.63, 3.8) is 0 Å². The van der Waals surface area contributed by atoms with Gasteiger partial charge in [-0.1, -0.05) is 17.7 Å². The van der Waals surface area contributed by atoms with Gasteiger partial charge in [0.25, 0.3) is 5.91 Å². The third-order valence-corrected chi connectivity index (χ3v) is 5.34. The standard InChI is InChI=1S/C24H30ClN5O2/c1-16-7-10-22(20(25)13-16)32-15-23(31)27-18-8-9-21-19(14-18)17(2)26-24(28-21)30(5)12-6-11-29(3)4/h7-10,13-14H,6,11-12,15H2,1-5H3,(H,27,31). The molecule has 1 N–H and O–H groups in total. The molecule has 3 aromatic rings. The molecule has 0 bridgehead atoms. The molecule has 1 amide bonds. The van der Waals surface area contributed by atoms with E-state index in [4.69, 9.17) is 21.3 Å². The van der Waals surface area contributed by atoms with Gasteiger partial charge < -0.3 is 19.9 Å². The van der Waals surface area contributed by atoms with Crippen molar-refractivity contribution in [1.29, 1.82) is 0 Å². The van der Waals surface area contributed by atoms with Gasteiger partial charge in [-0.05, 0) is 76.8 Å². The number of ether oxygens (including phenoxy) is 1. The predicted molar refractivity (Wildman–Crippen MR) is 131 cm³/mol. The van der Waals surface area contributed by atoms with Gasteiger partial charge in [0.1, 0.15) is 5.75 Å². The average Bonchev–Trinajstić information content (AvgIpc) is 2.73. The van der Waals surface area contributed by atoms with Crippen LogP contribution in [0.4, 0.5) is 11.6 Å². The van der Waals surface area contributed by atoms with Crippen LogP contribution in [0.25, 0.3) is 10.9 Å². The van der Waals surface area contributed by atoms with E-state index in [9.17, 15) is 4.79 Å². The summed E-state index contributed by atoms with van der Waals surface area (Å²) >= 11 is 6.16. The molecule has 0 aliphatic carbocycles. The summed E-state index contributed by atoms with van der Waals surface area (Å²) in [6.07, 6.45) is 1.03. The SMILES string of the molecule is Cc1ccc(OCC(=O)Nc2ccc3nc(N(C)CCCN(C)C)nc(C)c3c2)c(Cl)c1. The molecule has 0 radical (unpaired) electrons. The van der Waals surface area contributed by atoms with Gasteiger partial charge in [0.05, 0.1) is 16.2 Å². The van der Waals surface area contributed by atoms with Crippen molar-refractivity contribution in [3.8, 4) is 5.75 Å². The van der Waals surface area contributed by atoms with E-state index >= 15 is 0 Å². The number of aryl methyl sites for hydroxylation is 2. The molecule has 3 rings (SSSR count). The molecule has 170 valence electrons. The lowest BCUT2D eigenvalue weighted by Crippen LogP contribution is -2.25. The Hall–Kier alpha value is -2.90. The molecule has 0 aliphatic heterocycles. The smallest absolute Gasteiger partial charge is 0.262 e. The number of aromatic nitrogens is 2. The van der Waals surface area contributed by atoms with Gasteiger partial charge in [-0.25, -0.2) is 9.97 Å². The molecule has 0 saturated carbocycles. The Morgan fingerprint density at radius 1 is 1.06 bits per heavy atom. The predicted octanol–water partition coefficient (Wildman–Crippen LogP) is 4.31. The number of hydrogen-bond acceptors (Lipinski definition) is 6. The minimum absolute atomic E-state index is 0.132. The van der Waals surface area contributed by atoms with E-state index in [1.807, 2.05) is 45.2 Å². The second kappa shape index (κ2) is 10.6. The first-order valence-corrected chi connectivity index (χ1v) is 10.9. The van der Waals surface area contributed by atoms with Gasteiger partial charge in [0.15, 0.2) is 6.61 Å². The zero-order valence-electron chi connectivity index (χ0n) is 19.3. The highest BCUT2D eigenvalue weighted by Crippen LogP contribution is 2.25. The third kappa shape index (κ3) is 6.31. The Kier molecular flexibility index (Phi) is 7.88. The minimum Gasteiger partial charge on any atom is -0.482 e. The van der Waals surface area contributed by atoms with Crippen LogP contribution in [-0.4, -0.2) is 61.6 Å². The normalized spacial score (nSPS) is 11.1. The Balaban J connectivity index is 1.65. The highest BCUT2D eigenvalue weighted by molar-refractivity contribution is 6.32. The lowest BCUT2D eigenvalue weighted by molar-refractivity contribution is -0.118. The topological polar surface area (TPSA) is 70.6 Å². The largest absolute Gasteiger partial charge is 0.482 e. The van der Waals surface area contributed by atoms with Crippen LogP contribution in [0, 0.1) is 13.8 Å². The summed E-state index contributed by atoms with van der Waals surface area (Å²) in [6, 6.07) is 11.1. The van der Waals surface area contributed by atoms with Crippen molar-refractivity contribution in [2.75, 3.05) is 51.1 Å². The molecule has 0 unspecified atom stereocenters. The second-order valence-electron chi connectivity index (χ2n) is 8.19. The van der Waals surface area contributed by atoms with E-state index in [2.05, 4.69) is 34.2 Å². The molecule has 0 aliphatic rings. The quantitative estimate of drug-likeness (QED) is 0.518. The number of rotatable bonds is 9. The van der Waals surface area contributed by atoms with Gasteiger partial charge in [-0.2, -0.15) is 0 Å².